The third-order valence-corrected chi connectivity index (χ3v) is 4.82. The number of carbonyl (C=O) groups is 1. The lowest BCUT2D eigenvalue weighted by Gasteiger charge is -2.42. The smallest absolute Gasteiger partial charge is 0.323 e. The van der Waals surface area contributed by atoms with Crippen molar-refractivity contribution in [2.24, 2.45) is 11.3 Å². The summed E-state index contributed by atoms with van der Waals surface area (Å²) in [5.74, 6) is 0.435. The zero-order valence-electron chi connectivity index (χ0n) is 12.6. The number of ether oxygens (including phenoxy) is 1. The Morgan fingerprint density at radius 2 is 1.84 bits per heavy atom. The molecular weight excluding hydrogens is 240 g/mol. The van der Waals surface area contributed by atoms with Crippen LogP contribution in [0.3, 0.4) is 0 Å². The van der Waals surface area contributed by atoms with Crippen molar-refractivity contribution in [3.05, 3.63) is 0 Å². The van der Waals surface area contributed by atoms with Gasteiger partial charge in [-0.2, -0.15) is 0 Å². The summed E-state index contributed by atoms with van der Waals surface area (Å²) in [6.07, 6.45) is 4.74. The van der Waals surface area contributed by atoms with Gasteiger partial charge in [-0.25, -0.2) is 0 Å². The molecule has 19 heavy (non-hydrogen) atoms. The summed E-state index contributed by atoms with van der Waals surface area (Å²) in [4.78, 5) is 14.5. The number of methoxy groups -OCH3 is 1. The van der Waals surface area contributed by atoms with Crippen molar-refractivity contribution in [2.45, 2.75) is 45.6 Å². The Balaban J connectivity index is 2.03. The van der Waals surface area contributed by atoms with Gasteiger partial charge in [-0.05, 0) is 37.0 Å². The molecule has 0 aromatic heterocycles. The molecule has 4 nitrogen and oxygen atoms in total. The van der Waals surface area contributed by atoms with E-state index in [9.17, 15) is 4.79 Å². The van der Waals surface area contributed by atoms with E-state index in [0.29, 0.717) is 11.3 Å². The second-order valence-corrected chi connectivity index (χ2v) is 6.76. The number of piperazine rings is 1. The summed E-state index contributed by atoms with van der Waals surface area (Å²) >= 11 is 0. The maximum Gasteiger partial charge on any atom is 0.323 e. The molecule has 2 aliphatic rings. The van der Waals surface area contributed by atoms with E-state index in [1.54, 1.807) is 0 Å². The van der Waals surface area contributed by atoms with Crippen LogP contribution in [0.5, 0.6) is 0 Å². The fourth-order valence-electron chi connectivity index (χ4n) is 3.46. The quantitative estimate of drug-likeness (QED) is 0.790. The molecule has 2 rings (SSSR count). The number of rotatable bonds is 3. The molecule has 0 amide bonds. The van der Waals surface area contributed by atoms with Gasteiger partial charge >= 0.3 is 5.97 Å². The van der Waals surface area contributed by atoms with Crippen LogP contribution < -0.4 is 5.32 Å². The highest BCUT2D eigenvalue weighted by atomic mass is 16.5. The molecule has 1 heterocycles. The van der Waals surface area contributed by atoms with Crippen LogP contribution in [0.2, 0.25) is 0 Å². The summed E-state index contributed by atoms with van der Waals surface area (Å²) in [6, 6.07) is -0.0248. The Morgan fingerprint density at radius 3 is 2.37 bits per heavy atom. The Morgan fingerprint density at radius 1 is 1.26 bits per heavy atom. The average molecular weight is 268 g/mol. The predicted octanol–water partition coefficient (Wildman–Crippen LogP) is 1.65. The van der Waals surface area contributed by atoms with E-state index in [1.807, 2.05) is 0 Å². The second-order valence-electron chi connectivity index (χ2n) is 6.76. The molecule has 1 N–H and O–H groups in total. The van der Waals surface area contributed by atoms with Crippen molar-refractivity contribution >= 4 is 5.97 Å². The van der Waals surface area contributed by atoms with Crippen molar-refractivity contribution in [1.29, 1.82) is 0 Å². The minimum absolute atomic E-state index is 0.0248. The van der Waals surface area contributed by atoms with E-state index in [2.05, 4.69) is 24.1 Å². The van der Waals surface area contributed by atoms with Crippen LogP contribution in [-0.4, -0.2) is 50.2 Å². The first-order valence-corrected chi connectivity index (χ1v) is 7.56. The summed E-state index contributed by atoms with van der Waals surface area (Å²) in [5.41, 5.74) is 0.445. The molecule has 2 fully saturated rings. The van der Waals surface area contributed by atoms with E-state index in [4.69, 9.17) is 4.74 Å². The monoisotopic (exact) mass is 268 g/mol. The predicted molar refractivity (Wildman–Crippen MR) is 76.0 cm³/mol. The van der Waals surface area contributed by atoms with E-state index in [-0.39, 0.29) is 12.0 Å². The molecule has 0 spiro atoms. The molecule has 1 aliphatic heterocycles. The van der Waals surface area contributed by atoms with Gasteiger partial charge in [0.15, 0.2) is 0 Å². The van der Waals surface area contributed by atoms with Crippen LogP contribution in [0.4, 0.5) is 0 Å². The van der Waals surface area contributed by atoms with Gasteiger partial charge in [-0.1, -0.05) is 13.8 Å². The molecule has 1 saturated heterocycles. The van der Waals surface area contributed by atoms with Crippen molar-refractivity contribution in [2.75, 3.05) is 33.3 Å². The highest BCUT2D eigenvalue weighted by Gasteiger charge is 2.38. The van der Waals surface area contributed by atoms with Crippen molar-refractivity contribution in [3.63, 3.8) is 0 Å². The zero-order valence-corrected chi connectivity index (χ0v) is 12.6. The summed E-state index contributed by atoms with van der Waals surface area (Å²) in [6.45, 7) is 8.54. The molecular formula is C15H28N2O2. The van der Waals surface area contributed by atoms with E-state index >= 15 is 0 Å². The molecule has 1 atom stereocenters. The standard InChI is InChI=1S/C15H28N2O2/c1-15(2)6-4-12(5-7-15)13(14(18)19-3)17-10-8-16-9-11-17/h12-13,16H,4-11H2,1-3H3. The second kappa shape index (κ2) is 6.23. The van der Waals surface area contributed by atoms with E-state index < -0.39 is 0 Å². The SMILES string of the molecule is COC(=O)C(C1CCC(C)(C)CC1)N1CCNCC1. The number of hydrogen-bond donors (Lipinski definition) is 1. The van der Waals surface area contributed by atoms with E-state index in [1.165, 1.54) is 20.0 Å². The lowest BCUT2D eigenvalue weighted by atomic mass is 9.71. The Hall–Kier alpha value is -0.610. The van der Waals surface area contributed by atoms with Crippen LogP contribution >= 0.6 is 0 Å². The topological polar surface area (TPSA) is 41.6 Å². The molecule has 110 valence electrons. The maximum absolute atomic E-state index is 12.2. The maximum atomic E-state index is 12.2. The lowest BCUT2D eigenvalue weighted by Crippen LogP contribution is -2.55. The van der Waals surface area contributed by atoms with Crippen LogP contribution in [0, 0.1) is 11.3 Å². The number of nitrogens with zero attached hydrogens (tertiary/aromatic N) is 1. The molecule has 1 aliphatic carbocycles. The highest BCUT2D eigenvalue weighted by Crippen LogP contribution is 2.40. The zero-order chi connectivity index (χ0) is 13.9. The first-order chi connectivity index (χ1) is 9.03. The van der Waals surface area contributed by atoms with Crippen molar-refractivity contribution in [1.82, 2.24) is 10.2 Å². The fourth-order valence-corrected chi connectivity index (χ4v) is 3.46. The first-order valence-electron chi connectivity index (χ1n) is 7.56. The third kappa shape index (κ3) is 3.69. The molecule has 0 bridgehead atoms. The third-order valence-electron chi connectivity index (χ3n) is 4.82. The highest BCUT2D eigenvalue weighted by molar-refractivity contribution is 5.76. The lowest BCUT2D eigenvalue weighted by molar-refractivity contribution is -0.150. The summed E-state index contributed by atoms with van der Waals surface area (Å²) in [7, 11) is 1.52. The van der Waals surface area contributed by atoms with Gasteiger partial charge in [0, 0.05) is 26.2 Å². The largest absolute Gasteiger partial charge is 0.468 e. The van der Waals surface area contributed by atoms with Gasteiger partial charge < -0.3 is 10.1 Å². The summed E-state index contributed by atoms with van der Waals surface area (Å²) in [5, 5.41) is 3.35. The molecule has 1 unspecified atom stereocenters. The molecule has 0 aromatic rings. The van der Waals surface area contributed by atoms with Crippen LogP contribution in [0.15, 0.2) is 0 Å². The Labute approximate surface area is 116 Å². The number of nitrogens with one attached hydrogen (secondary N) is 1. The van der Waals surface area contributed by atoms with Crippen LogP contribution in [0.25, 0.3) is 0 Å². The summed E-state index contributed by atoms with van der Waals surface area (Å²) < 4.78 is 5.07. The molecule has 1 saturated carbocycles. The molecule has 0 radical (unpaired) electrons. The normalized spacial score (nSPS) is 26.9. The van der Waals surface area contributed by atoms with Gasteiger partial charge in [0.05, 0.1) is 7.11 Å². The van der Waals surface area contributed by atoms with Gasteiger partial charge in [0.25, 0.3) is 0 Å². The number of carbonyl (C=O) groups excluding carboxylic acids is 1. The van der Waals surface area contributed by atoms with Gasteiger partial charge in [0.1, 0.15) is 6.04 Å². The van der Waals surface area contributed by atoms with Gasteiger partial charge in [-0.3, -0.25) is 9.69 Å². The Bertz CT molecular complexity index is 301. The van der Waals surface area contributed by atoms with E-state index in [0.717, 1.165) is 39.0 Å². The van der Waals surface area contributed by atoms with Gasteiger partial charge in [0.2, 0.25) is 0 Å². The number of esters is 1. The van der Waals surface area contributed by atoms with Crippen molar-refractivity contribution in [3.8, 4) is 0 Å². The minimum atomic E-state index is -0.0355. The minimum Gasteiger partial charge on any atom is -0.468 e. The fraction of sp³-hybridized carbons (Fsp3) is 0.933. The van der Waals surface area contributed by atoms with Crippen LogP contribution in [-0.2, 0) is 9.53 Å². The number of hydrogen-bond acceptors (Lipinski definition) is 4. The molecule has 4 heteroatoms. The average Bonchev–Trinajstić information content (AvgIpc) is 2.42. The first kappa shape index (κ1) is 14.8. The van der Waals surface area contributed by atoms with Crippen LogP contribution in [0.1, 0.15) is 39.5 Å². The van der Waals surface area contributed by atoms with Gasteiger partial charge in [-0.15, -0.1) is 0 Å². The molecule has 0 aromatic carbocycles. The van der Waals surface area contributed by atoms with Crippen molar-refractivity contribution < 1.29 is 9.53 Å². The Kier molecular flexibility index (Phi) is 4.85.